The van der Waals surface area contributed by atoms with E-state index in [-0.39, 0.29) is 17.5 Å². The molecule has 0 atom stereocenters. The molecule has 1 saturated heterocycles. The van der Waals surface area contributed by atoms with Gasteiger partial charge in [0.05, 0.1) is 26.1 Å². The minimum Gasteiger partial charge on any atom is -0.494 e. The number of imidazole rings is 1. The molecule has 2 heterocycles. The summed E-state index contributed by atoms with van der Waals surface area (Å²) in [7, 11) is -3.66. The maximum atomic E-state index is 12.6. The van der Waals surface area contributed by atoms with Crippen molar-refractivity contribution in [1.82, 2.24) is 19.2 Å². The van der Waals surface area contributed by atoms with Crippen molar-refractivity contribution >= 4 is 15.9 Å². The van der Waals surface area contributed by atoms with E-state index < -0.39 is 10.0 Å². The standard InChI is InChI=1S/C18H24N4O5S/c1-2-27-16-5-3-15(4-6-16)11-19-17(23)12-21-13-18(20-14-21)28(24,25)22-7-9-26-10-8-22/h3-6,13-14H,2,7-12H2,1H3,(H,19,23). The van der Waals surface area contributed by atoms with Crippen molar-refractivity contribution in [3.63, 3.8) is 0 Å². The van der Waals surface area contributed by atoms with E-state index in [1.807, 2.05) is 31.2 Å². The maximum Gasteiger partial charge on any atom is 0.262 e. The average molecular weight is 408 g/mol. The molecule has 3 rings (SSSR count). The summed E-state index contributed by atoms with van der Waals surface area (Å²) in [6.07, 6.45) is 2.73. The number of carbonyl (C=O) groups excluding carboxylic acids is 1. The molecule has 0 saturated carbocycles. The third kappa shape index (κ3) is 5.09. The molecule has 1 N–H and O–H groups in total. The summed E-state index contributed by atoms with van der Waals surface area (Å²) in [6.45, 7) is 4.23. The van der Waals surface area contributed by atoms with Gasteiger partial charge < -0.3 is 19.4 Å². The van der Waals surface area contributed by atoms with Crippen LogP contribution in [0.25, 0.3) is 0 Å². The van der Waals surface area contributed by atoms with Gasteiger partial charge in [0.25, 0.3) is 10.0 Å². The number of amides is 1. The smallest absolute Gasteiger partial charge is 0.262 e. The molecule has 0 unspecified atom stereocenters. The van der Waals surface area contributed by atoms with Crippen LogP contribution in [0.1, 0.15) is 12.5 Å². The molecule has 1 aromatic carbocycles. The molecule has 0 aliphatic carbocycles. The van der Waals surface area contributed by atoms with Crippen LogP contribution < -0.4 is 10.1 Å². The van der Waals surface area contributed by atoms with E-state index in [1.165, 1.54) is 21.4 Å². The molecule has 1 amide bonds. The molecule has 0 bridgehead atoms. The first kappa shape index (κ1) is 20.3. The number of hydrogen-bond acceptors (Lipinski definition) is 6. The molecular weight excluding hydrogens is 384 g/mol. The number of rotatable bonds is 8. The van der Waals surface area contributed by atoms with Gasteiger partial charge in [0.2, 0.25) is 5.91 Å². The number of aromatic nitrogens is 2. The Kier molecular flexibility index (Phi) is 6.65. The number of morpholine rings is 1. The first-order valence-corrected chi connectivity index (χ1v) is 10.5. The van der Waals surface area contributed by atoms with Crippen LogP contribution in [-0.4, -0.2) is 61.1 Å². The zero-order valence-electron chi connectivity index (χ0n) is 15.7. The quantitative estimate of drug-likeness (QED) is 0.687. The van der Waals surface area contributed by atoms with Crippen molar-refractivity contribution in [2.45, 2.75) is 25.0 Å². The summed E-state index contributed by atoms with van der Waals surface area (Å²) >= 11 is 0. The van der Waals surface area contributed by atoms with Gasteiger partial charge in [0.1, 0.15) is 12.3 Å². The second-order valence-corrected chi connectivity index (χ2v) is 8.14. The lowest BCUT2D eigenvalue weighted by Gasteiger charge is -2.24. The van der Waals surface area contributed by atoms with Crippen molar-refractivity contribution < 1.29 is 22.7 Å². The largest absolute Gasteiger partial charge is 0.494 e. The molecule has 152 valence electrons. The van der Waals surface area contributed by atoms with Crippen molar-refractivity contribution in [3.8, 4) is 5.75 Å². The van der Waals surface area contributed by atoms with Crippen LogP contribution in [0.15, 0.2) is 41.8 Å². The fraction of sp³-hybridized carbons (Fsp3) is 0.444. The molecule has 0 spiro atoms. The molecular formula is C18H24N4O5S. The van der Waals surface area contributed by atoms with Crippen LogP contribution in [0.2, 0.25) is 0 Å². The van der Waals surface area contributed by atoms with E-state index in [2.05, 4.69) is 10.3 Å². The fourth-order valence-electron chi connectivity index (χ4n) is 2.77. The summed E-state index contributed by atoms with van der Waals surface area (Å²) in [6, 6.07) is 7.47. The highest BCUT2D eigenvalue weighted by Crippen LogP contribution is 2.15. The van der Waals surface area contributed by atoms with Gasteiger partial charge in [-0.15, -0.1) is 0 Å². The lowest BCUT2D eigenvalue weighted by atomic mass is 10.2. The molecule has 1 fully saturated rings. The Morgan fingerprint density at radius 1 is 1.25 bits per heavy atom. The number of nitrogens with one attached hydrogen (secondary N) is 1. The van der Waals surface area contributed by atoms with Gasteiger partial charge in [0, 0.05) is 25.8 Å². The summed E-state index contributed by atoms with van der Waals surface area (Å²) in [5.74, 6) is 0.548. The van der Waals surface area contributed by atoms with Gasteiger partial charge >= 0.3 is 0 Å². The van der Waals surface area contributed by atoms with E-state index >= 15 is 0 Å². The minimum absolute atomic E-state index is 0.0112. The number of benzene rings is 1. The van der Waals surface area contributed by atoms with Crippen LogP contribution in [0.3, 0.4) is 0 Å². The van der Waals surface area contributed by atoms with Gasteiger partial charge in [-0.25, -0.2) is 13.4 Å². The zero-order chi connectivity index (χ0) is 20.0. The Morgan fingerprint density at radius 2 is 1.96 bits per heavy atom. The van der Waals surface area contributed by atoms with E-state index in [4.69, 9.17) is 9.47 Å². The molecule has 28 heavy (non-hydrogen) atoms. The summed E-state index contributed by atoms with van der Waals surface area (Å²) < 4.78 is 38.5. The van der Waals surface area contributed by atoms with E-state index in [9.17, 15) is 13.2 Å². The number of sulfonamides is 1. The van der Waals surface area contributed by atoms with Gasteiger partial charge in [-0.2, -0.15) is 4.31 Å². The summed E-state index contributed by atoms with van der Waals surface area (Å²) in [4.78, 5) is 16.1. The molecule has 2 aromatic rings. The average Bonchev–Trinajstić information content (AvgIpc) is 3.18. The SMILES string of the molecule is CCOc1ccc(CNC(=O)Cn2cnc(S(=O)(=O)N3CCOCC3)c2)cc1. The highest BCUT2D eigenvalue weighted by molar-refractivity contribution is 7.89. The van der Waals surface area contributed by atoms with Crippen LogP contribution >= 0.6 is 0 Å². The highest BCUT2D eigenvalue weighted by atomic mass is 32.2. The van der Waals surface area contributed by atoms with Crippen molar-refractivity contribution in [2.24, 2.45) is 0 Å². The van der Waals surface area contributed by atoms with Crippen LogP contribution in [0.5, 0.6) is 5.75 Å². The summed E-state index contributed by atoms with van der Waals surface area (Å²) in [5.41, 5.74) is 0.943. The van der Waals surface area contributed by atoms with Crippen LogP contribution in [0, 0.1) is 0 Å². The van der Waals surface area contributed by atoms with E-state index in [0.29, 0.717) is 39.5 Å². The molecule has 9 nitrogen and oxygen atoms in total. The molecule has 1 aromatic heterocycles. The van der Waals surface area contributed by atoms with Crippen molar-refractivity contribution in [3.05, 3.63) is 42.4 Å². The minimum atomic E-state index is -3.66. The van der Waals surface area contributed by atoms with Gasteiger partial charge in [-0.05, 0) is 24.6 Å². The number of hydrogen-bond donors (Lipinski definition) is 1. The predicted molar refractivity (Wildman–Crippen MR) is 101 cm³/mol. The van der Waals surface area contributed by atoms with Gasteiger partial charge in [-0.1, -0.05) is 12.1 Å². The maximum absolute atomic E-state index is 12.6. The van der Waals surface area contributed by atoms with Gasteiger partial charge in [-0.3, -0.25) is 4.79 Å². The van der Waals surface area contributed by atoms with E-state index in [0.717, 1.165) is 11.3 Å². The number of nitrogens with zero attached hydrogens (tertiary/aromatic N) is 3. The molecule has 1 aliphatic rings. The Bertz CT molecular complexity index is 889. The second kappa shape index (κ2) is 9.18. The normalized spacial score (nSPS) is 15.3. The monoisotopic (exact) mass is 408 g/mol. The predicted octanol–water partition coefficient (Wildman–Crippen LogP) is 0.619. The topological polar surface area (TPSA) is 103 Å². The number of carbonyl (C=O) groups is 1. The van der Waals surface area contributed by atoms with E-state index in [1.54, 1.807) is 0 Å². The van der Waals surface area contributed by atoms with Crippen molar-refractivity contribution in [2.75, 3.05) is 32.9 Å². The Balaban J connectivity index is 1.53. The first-order chi connectivity index (χ1) is 13.5. The molecule has 1 aliphatic heterocycles. The highest BCUT2D eigenvalue weighted by Gasteiger charge is 2.28. The third-order valence-electron chi connectivity index (χ3n) is 4.23. The Morgan fingerprint density at radius 3 is 2.64 bits per heavy atom. The van der Waals surface area contributed by atoms with Crippen LogP contribution in [0.4, 0.5) is 0 Å². The number of ether oxygens (including phenoxy) is 2. The third-order valence-corrected chi connectivity index (χ3v) is 6.02. The lowest BCUT2D eigenvalue weighted by Crippen LogP contribution is -2.40. The Labute approximate surface area is 164 Å². The second-order valence-electron chi connectivity index (χ2n) is 6.25. The van der Waals surface area contributed by atoms with Gasteiger partial charge in [0.15, 0.2) is 5.03 Å². The lowest BCUT2D eigenvalue weighted by molar-refractivity contribution is -0.121. The first-order valence-electron chi connectivity index (χ1n) is 9.07. The van der Waals surface area contributed by atoms with Crippen molar-refractivity contribution in [1.29, 1.82) is 0 Å². The molecule has 0 radical (unpaired) electrons. The zero-order valence-corrected chi connectivity index (χ0v) is 16.5. The fourth-order valence-corrected chi connectivity index (χ4v) is 4.11. The summed E-state index contributed by atoms with van der Waals surface area (Å²) in [5, 5.41) is 2.74. The Hall–Kier alpha value is -2.43. The molecule has 10 heteroatoms. The van der Waals surface area contributed by atoms with Crippen LogP contribution in [-0.2, 0) is 32.6 Å².